The topological polar surface area (TPSA) is 60.4 Å². The normalized spacial score (nSPS) is 17.9. The Labute approximate surface area is 146 Å². The van der Waals surface area contributed by atoms with Crippen molar-refractivity contribution in [2.45, 2.75) is 32.7 Å². The molecule has 0 saturated carbocycles. The molecule has 2 aromatic heterocycles. The zero-order valence-corrected chi connectivity index (χ0v) is 14.9. The molecule has 0 saturated heterocycles. The molecule has 0 radical (unpaired) electrons. The molecule has 0 spiro atoms. The highest BCUT2D eigenvalue weighted by Gasteiger charge is 2.11. The molecular formula is C17H24N4O2S. The minimum atomic E-state index is 0.506. The largest absolute Gasteiger partial charge is 0.474 e. The van der Waals surface area contributed by atoms with Crippen molar-refractivity contribution in [2.24, 2.45) is 0 Å². The fraction of sp³-hybridized carbons (Fsp3) is 0.588. The molecule has 0 fully saturated rings. The Hall–Kier alpha value is -1.57. The molecule has 0 atom stereocenters. The summed E-state index contributed by atoms with van der Waals surface area (Å²) in [5.41, 5.74) is 4.06. The Kier molecular flexibility index (Phi) is 6.51. The summed E-state index contributed by atoms with van der Waals surface area (Å²) in [5.74, 6) is 0.593. The molecule has 3 heterocycles. The van der Waals surface area contributed by atoms with Crippen LogP contribution in [0.25, 0.3) is 0 Å². The van der Waals surface area contributed by atoms with E-state index in [0.717, 1.165) is 50.3 Å². The third-order valence-corrected chi connectivity index (χ3v) is 4.98. The van der Waals surface area contributed by atoms with Gasteiger partial charge >= 0.3 is 0 Å². The Morgan fingerprint density at radius 2 is 2.12 bits per heavy atom. The van der Waals surface area contributed by atoms with Crippen LogP contribution in [0.1, 0.15) is 29.1 Å². The molecule has 24 heavy (non-hydrogen) atoms. The summed E-state index contributed by atoms with van der Waals surface area (Å²) in [4.78, 5) is 16.8. The van der Waals surface area contributed by atoms with Gasteiger partial charge in [-0.25, -0.2) is 9.97 Å². The number of hydrogen-bond donors (Lipinski definition) is 0. The lowest BCUT2D eigenvalue weighted by Gasteiger charge is -2.22. The van der Waals surface area contributed by atoms with Gasteiger partial charge in [0.05, 0.1) is 36.3 Å². The van der Waals surface area contributed by atoms with Gasteiger partial charge in [-0.1, -0.05) is 0 Å². The number of thiazole rings is 1. The first-order valence-electron chi connectivity index (χ1n) is 8.44. The summed E-state index contributed by atoms with van der Waals surface area (Å²) in [6.07, 6.45) is 6.65. The molecule has 0 N–H and O–H groups in total. The maximum atomic E-state index is 5.70. The van der Waals surface area contributed by atoms with E-state index in [1.54, 1.807) is 17.5 Å². The van der Waals surface area contributed by atoms with Crippen molar-refractivity contribution in [2.75, 3.05) is 32.9 Å². The Morgan fingerprint density at radius 3 is 3.00 bits per heavy atom. The van der Waals surface area contributed by atoms with E-state index in [-0.39, 0.29) is 0 Å². The zero-order chi connectivity index (χ0) is 16.6. The van der Waals surface area contributed by atoms with Crippen molar-refractivity contribution in [3.8, 4) is 5.88 Å². The lowest BCUT2D eigenvalue weighted by Crippen LogP contribution is -2.29. The second-order valence-electron chi connectivity index (χ2n) is 5.90. The van der Waals surface area contributed by atoms with Crippen LogP contribution in [-0.4, -0.2) is 52.8 Å². The van der Waals surface area contributed by atoms with E-state index in [9.17, 15) is 0 Å². The van der Waals surface area contributed by atoms with Gasteiger partial charge in [0.25, 0.3) is 0 Å². The van der Waals surface area contributed by atoms with Crippen molar-refractivity contribution < 1.29 is 9.47 Å². The van der Waals surface area contributed by atoms with E-state index in [0.29, 0.717) is 25.7 Å². The van der Waals surface area contributed by atoms with E-state index >= 15 is 0 Å². The van der Waals surface area contributed by atoms with Gasteiger partial charge in [-0.05, 0) is 32.7 Å². The second-order valence-corrected chi connectivity index (χ2v) is 6.84. The van der Waals surface area contributed by atoms with Gasteiger partial charge in [0.2, 0.25) is 5.88 Å². The predicted octanol–water partition coefficient (Wildman–Crippen LogP) is 2.48. The third-order valence-electron chi connectivity index (χ3n) is 4.06. The van der Waals surface area contributed by atoms with Crippen LogP contribution in [0.15, 0.2) is 17.9 Å². The van der Waals surface area contributed by atoms with E-state index in [1.807, 2.05) is 11.7 Å². The summed E-state index contributed by atoms with van der Waals surface area (Å²) in [5, 5.41) is 0. The molecular weight excluding hydrogens is 324 g/mol. The van der Waals surface area contributed by atoms with Crippen LogP contribution in [0.3, 0.4) is 0 Å². The van der Waals surface area contributed by atoms with Crippen molar-refractivity contribution >= 4 is 11.3 Å². The molecule has 0 unspecified atom stereocenters. The van der Waals surface area contributed by atoms with Gasteiger partial charge < -0.3 is 9.47 Å². The first kappa shape index (κ1) is 17.3. The number of ether oxygens (including phenoxy) is 2. The van der Waals surface area contributed by atoms with Crippen LogP contribution in [0.5, 0.6) is 5.88 Å². The van der Waals surface area contributed by atoms with E-state index in [2.05, 4.69) is 26.8 Å². The van der Waals surface area contributed by atoms with Gasteiger partial charge in [0, 0.05) is 24.2 Å². The average Bonchev–Trinajstić information content (AvgIpc) is 2.99. The fourth-order valence-corrected chi connectivity index (χ4v) is 3.49. The van der Waals surface area contributed by atoms with Crippen LogP contribution < -0.4 is 4.74 Å². The van der Waals surface area contributed by atoms with Crippen LogP contribution in [0.2, 0.25) is 0 Å². The molecule has 3 rings (SSSR count). The van der Waals surface area contributed by atoms with Gasteiger partial charge in [-0.3, -0.25) is 9.88 Å². The molecule has 2 aromatic rings. The molecule has 0 aliphatic carbocycles. The number of aryl methyl sites for hydroxylation is 2. The van der Waals surface area contributed by atoms with Gasteiger partial charge in [-0.15, -0.1) is 11.3 Å². The lowest BCUT2D eigenvalue weighted by molar-refractivity contribution is 0.0760. The summed E-state index contributed by atoms with van der Waals surface area (Å²) in [6, 6.07) is 0. The minimum absolute atomic E-state index is 0.506. The van der Waals surface area contributed by atoms with Crippen LogP contribution in [0.4, 0.5) is 0 Å². The van der Waals surface area contributed by atoms with Crippen molar-refractivity contribution in [3.05, 3.63) is 34.2 Å². The highest BCUT2D eigenvalue weighted by molar-refractivity contribution is 7.09. The number of nitrogens with zero attached hydrogens (tertiary/aromatic N) is 4. The summed E-state index contributed by atoms with van der Waals surface area (Å²) >= 11 is 1.73. The van der Waals surface area contributed by atoms with Crippen molar-refractivity contribution in [1.29, 1.82) is 0 Å². The van der Waals surface area contributed by atoms with Gasteiger partial charge in [0.1, 0.15) is 6.61 Å². The molecule has 7 heteroatoms. The Morgan fingerprint density at radius 1 is 1.17 bits per heavy atom. The standard InChI is InChI=1S/C17H24N4O2S/c1-14-16(24-13-19-14)12-21-5-3-2-4-15-10-18-11-17(20-15)23-9-8-22-7-6-21/h10-11,13H,2-9,12H2,1H3. The van der Waals surface area contributed by atoms with Gasteiger partial charge in [0.15, 0.2) is 0 Å². The lowest BCUT2D eigenvalue weighted by atomic mass is 10.2. The highest BCUT2D eigenvalue weighted by Crippen LogP contribution is 2.16. The maximum Gasteiger partial charge on any atom is 0.232 e. The number of hydrogen-bond acceptors (Lipinski definition) is 7. The molecule has 130 valence electrons. The third kappa shape index (κ3) is 5.22. The molecule has 1 aliphatic heterocycles. The first-order valence-corrected chi connectivity index (χ1v) is 9.32. The molecule has 1 aliphatic rings. The molecule has 0 amide bonds. The SMILES string of the molecule is Cc1ncsc1CN1CCCCc2cncc(n2)OCCOCC1. The average molecular weight is 348 g/mol. The minimum Gasteiger partial charge on any atom is -0.474 e. The van der Waals surface area contributed by atoms with Gasteiger partial charge in [-0.2, -0.15) is 0 Å². The van der Waals surface area contributed by atoms with E-state index in [4.69, 9.17) is 9.47 Å². The van der Waals surface area contributed by atoms with Crippen LogP contribution in [-0.2, 0) is 17.7 Å². The number of rotatable bonds is 2. The van der Waals surface area contributed by atoms with Crippen LogP contribution in [0, 0.1) is 6.92 Å². The summed E-state index contributed by atoms with van der Waals surface area (Å²) < 4.78 is 11.3. The second kappa shape index (κ2) is 9.05. The van der Waals surface area contributed by atoms with Crippen molar-refractivity contribution in [3.63, 3.8) is 0 Å². The Bertz CT molecular complexity index is 635. The fourth-order valence-electron chi connectivity index (χ4n) is 2.67. The molecule has 6 nitrogen and oxygen atoms in total. The zero-order valence-electron chi connectivity index (χ0n) is 14.1. The molecule has 0 aromatic carbocycles. The smallest absolute Gasteiger partial charge is 0.232 e. The summed E-state index contributed by atoms with van der Waals surface area (Å²) in [7, 11) is 0. The number of fused-ring (bicyclic) bond motifs is 2. The predicted molar refractivity (Wildman–Crippen MR) is 93.4 cm³/mol. The maximum absolute atomic E-state index is 5.70. The monoisotopic (exact) mass is 348 g/mol. The van der Waals surface area contributed by atoms with E-state index in [1.165, 1.54) is 4.88 Å². The van der Waals surface area contributed by atoms with E-state index < -0.39 is 0 Å². The number of aromatic nitrogens is 3. The Balaban J connectivity index is 1.59. The quantitative estimate of drug-likeness (QED) is 0.831. The van der Waals surface area contributed by atoms with Crippen molar-refractivity contribution in [1.82, 2.24) is 19.9 Å². The first-order chi connectivity index (χ1) is 11.8. The highest BCUT2D eigenvalue weighted by atomic mass is 32.1. The summed E-state index contributed by atoms with van der Waals surface area (Å²) in [6.45, 7) is 6.81. The molecule has 2 bridgehead atoms. The van der Waals surface area contributed by atoms with Crippen LogP contribution >= 0.6 is 11.3 Å².